The summed E-state index contributed by atoms with van der Waals surface area (Å²) in [7, 11) is 0. The highest BCUT2D eigenvalue weighted by atomic mass is 16.1. The second-order valence-electron chi connectivity index (χ2n) is 5.42. The smallest absolute Gasteiger partial charge is 0.222 e. The molecule has 1 fully saturated rings. The van der Waals surface area contributed by atoms with Crippen LogP contribution in [0.1, 0.15) is 58.3 Å². The first-order chi connectivity index (χ1) is 8.24. The molecular formula is C14H28N2O. The van der Waals surface area contributed by atoms with Crippen LogP contribution in [0.3, 0.4) is 0 Å². The van der Waals surface area contributed by atoms with Crippen molar-refractivity contribution in [2.24, 2.45) is 17.6 Å². The molecule has 3 heteroatoms. The Hall–Kier alpha value is -0.570. The van der Waals surface area contributed by atoms with Crippen LogP contribution in [-0.2, 0) is 4.79 Å². The lowest BCUT2D eigenvalue weighted by molar-refractivity contribution is -0.124. The average molecular weight is 240 g/mol. The van der Waals surface area contributed by atoms with E-state index in [-0.39, 0.29) is 11.8 Å². The van der Waals surface area contributed by atoms with Gasteiger partial charge in [-0.25, -0.2) is 0 Å². The Balaban J connectivity index is 1.98. The molecule has 0 bridgehead atoms. The van der Waals surface area contributed by atoms with Crippen molar-refractivity contribution in [3.63, 3.8) is 0 Å². The third kappa shape index (κ3) is 6.06. The first-order valence-corrected chi connectivity index (χ1v) is 7.21. The van der Waals surface area contributed by atoms with Crippen molar-refractivity contribution in [3.8, 4) is 0 Å². The highest BCUT2D eigenvalue weighted by Gasteiger charge is 2.15. The van der Waals surface area contributed by atoms with Crippen LogP contribution in [0.15, 0.2) is 0 Å². The first-order valence-electron chi connectivity index (χ1n) is 7.21. The van der Waals surface area contributed by atoms with Crippen molar-refractivity contribution in [2.45, 2.75) is 58.3 Å². The molecule has 1 saturated carbocycles. The number of rotatable bonds is 8. The third-order valence-electron chi connectivity index (χ3n) is 3.85. The largest absolute Gasteiger partial charge is 0.356 e. The molecule has 0 aromatic carbocycles. The standard InChI is InChI=1S/C14H28N2O/c1-12(6-4-10-15)14(17)16-11-5-9-13-7-2-3-8-13/h12-13H,2-11,15H2,1H3,(H,16,17). The minimum Gasteiger partial charge on any atom is -0.356 e. The minimum absolute atomic E-state index is 0.116. The summed E-state index contributed by atoms with van der Waals surface area (Å²) in [4.78, 5) is 11.7. The fourth-order valence-corrected chi connectivity index (χ4v) is 2.63. The molecule has 0 aromatic heterocycles. The molecule has 0 radical (unpaired) electrons. The zero-order valence-corrected chi connectivity index (χ0v) is 11.2. The summed E-state index contributed by atoms with van der Waals surface area (Å²) >= 11 is 0. The second kappa shape index (κ2) is 8.51. The van der Waals surface area contributed by atoms with E-state index in [2.05, 4.69) is 5.32 Å². The summed E-state index contributed by atoms with van der Waals surface area (Å²) in [6, 6.07) is 0. The molecule has 1 aliphatic carbocycles. The van der Waals surface area contributed by atoms with Gasteiger partial charge in [-0.05, 0) is 38.1 Å². The van der Waals surface area contributed by atoms with Gasteiger partial charge in [0.1, 0.15) is 0 Å². The van der Waals surface area contributed by atoms with Gasteiger partial charge in [0.05, 0.1) is 0 Å². The number of hydrogen-bond donors (Lipinski definition) is 2. The van der Waals surface area contributed by atoms with E-state index < -0.39 is 0 Å². The molecule has 1 unspecified atom stereocenters. The number of hydrogen-bond acceptors (Lipinski definition) is 2. The number of nitrogens with two attached hydrogens (primary N) is 1. The van der Waals surface area contributed by atoms with E-state index in [1.807, 2.05) is 6.92 Å². The molecule has 0 aliphatic heterocycles. The van der Waals surface area contributed by atoms with Gasteiger partial charge in [-0.15, -0.1) is 0 Å². The molecule has 0 aromatic rings. The lowest BCUT2D eigenvalue weighted by Gasteiger charge is -2.12. The summed E-state index contributed by atoms with van der Waals surface area (Å²) in [5.74, 6) is 1.25. The van der Waals surface area contributed by atoms with Gasteiger partial charge in [0.15, 0.2) is 0 Å². The fourth-order valence-electron chi connectivity index (χ4n) is 2.63. The lowest BCUT2D eigenvalue weighted by atomic mass is 10.0. The normalized spacial score (nSPS) is 18.2. The molecule has 17 heavy (non-hydrogen) atoms. The quantitative estimate of drug-likeness (QED) is 0.640. The number of carbonyl (C=O) groups excluding carboxylic acids is 1. The van der Waals surface area contributed by atoms with Gasteiger partial charge in [-0.1, -0.05) is 32.6 Å². The zero-order valence-electron chi connectivity index (χ0n) is 11.2. The summed E-state index contributed by atoms with van der Waals surface area (Å²) in [5.41, 5.74) is 5.44. The average Bonchev–Trinajstić information content (AvgIpc) is 2.84. The molecule has 0 heterocycles. The van der Waals surface area contributed by atoms with Crippen LogP contribution >= 0.6 is 0 Å². The Morgan fingerprint density at radius 3 is 2.71 bits per heavy atom. The van der Waals surface area contributed by atoms with E-state index in [9.17, 15) is 4.79 Å². The second-order valence-corrected chi connectivity index (χ2v) is 5.42. The zero-order chi connectivity index (χ0) is 12.5. The molecule has 1 atom stereocenters. The van der Waals surface area contributed by atoms with Gasteiger partial charge in [0.25, 0.3) is 0 Å². The Kier molecular flexibility index (Phi) is 7.25. The van der Waals surface area contributed by atoms with Crippen LogP contribution < -0.4 is 11.1 Å². The van der Waals surface area contributed by atoms with E-state index in [0.29, 0.717) is 6.54 Å². The Labute approximate surface area is 106 Å². The number of carbonyl (C=O) groups is 1. The molecule has 0 spiro atoms. The van der Waals surface area contributed by atoms with Gasteiger partial charge >= 0.3 is 0 Å². The van der Waals surface area contributed by atoms with Crippen LogP contribution in [0.2, 0.25) is 0 Å². The minimum atomic E-state index is 0.116. The van der Waals surface area contributed by atoms with Gasteiger partial charge in [-0.3, -0.25) is 4.79 Å². The van der Waals surface area contributed by atoms with Crippen molar-refractivity contribution >= 4 is 5.91 Å². The maximum Gasteiger partial charge on any atom is 0.222 e. The lowest BCUT2D eigenvalue weighted by Crippen LogP contribution is -2.30. The van der Waals surface area contributed by atoms with E-state index in [1.165, 1.54) is 32.1 Å². The Bertz CT molecular complexity index is 212. The van der Waals surface area contributed by atoms with Gasteiger partial charge < -0.3 is 11.1 Å². The summed E-state index contributed by atoms with van der Waals surface area (Å²) < 4.78 is 0. The molecule has 1 rings (SSSR count). The number of nitrogens with one attached hydrogen (secondary N) is 1. The van der Waals surface area contributed by atoms with Crippen molar-refractivity contribution in [1.29, 1.82) is 0 Å². The highest BCUT2D eigenvalue weighted by molar-refractivity contribution is 5.78. The van der Waals surface area contributed by atoms with Crippen molar-refractivity contribution in [1.82, 2.24) is 5.32 Å². The van der Waals surface area contributed by atoms with E-state index in [4.69, 9.17) is 5.73 Å². The van der Waals surface area contributed by atoms with Crippen LogP contribution in [0.4, 0.5) is 0 Å². The molecule has 3 N–H and O–H groups in total. The summed E-state index contributed by atoms with van der Waals surface area (Å²) in [6.07, 6.45) is 9.90. The maximum absolute atomic E-state index is 11.7. The van der Waals surface area contributed by atoms with Crippen molar-refractivity contribution in [2.75, 3.05) is 13.1 Å². The van der Waals surface area contributed by atoms with Crippen molar-refractivity contribution in [3.05, 3.63) is 0 Å². The van der Waals surface area contributed by atoms with E-state index in [1.54, 1.807) is 0 Å². The predicted octanol–water partition coefficient (Wildman–Crippen LogP) is 2.45. The van der Waals surface area contributed by atoms with Gasteiger partial charge in [0, 0.05) is 12.5 Å². The monoisotopic (exact) mass is 240 g/mol. The van der Waals surface area contributed by atoms with Gasteiger partial charge in [-0.2, -0.15) is 0 Å². The summed E-state index contributed by atoms with van der Waals surface area (Å²) in [5, 5.41) is 3.04. The maximum atomic E-state index is 11.7. The van der Waals surface area contributed by atoms with Crippen LogP contribution in [-0.4, -0.2) is 19.0 Å². The SMILES string of the molecule is CC(CCCN)C(=O)NCCCC1CCCC1. The highest BCUT2D eigenvalue weighted by Crippen LogP contribution is 2.28. The van der Waals surface area contributed by atoms with Crippen molar-refractivity contribution < 1.29 is 4.79 Å². The first kappa shape index (κ1) is 14.5. The van der Waals surface area contributed by atoms with Gasteiger partial charge in [0.2, 0.25) is 5.91 Å². The fraction of sp³-hybridized carbons (Fsp3) is 0.929. The van der Waals surface area contributed by atoms with E-state index in [0.717, 1.165) is 31.7 Å². The van der Waals surface area contributed by atoms with Crippen LogP contribution in [0.5, 0.6) is 0 Å². The predicted molar refractivity (Wildman–Crippen MR) is 71.7 cm³/mol. The third-order valence-corrected chi connectivity index (χ3v) is 3.85. The van der Waals surface area contributed by atoms with Crippen LogP contribution in [0.25, 0.3) is 0 Å². The van der Waals surface area contributed by atoms with Crippen LogP contribution in [0, 0.1) is 11.8 Å². The molecule has 0 saturated heterocycles. The Morgan fingerprint density at radius 2 is 2.06 bits per heavy atom. The molecule has 1 amide bonds. The molecule has 3 nitrogen and oxygen atoms in total. The molecule has 1 aliphatic rings. The van der Waals surface area contributed by atoms with E-state index >= 15 is 0 Å². The topological polar surface area (TPSA) is 55.1 Å². The molecule has 100 valence electrons. The summed E-state index contributed by atoms with van der Waals surface area (Å²) in [6.45, 7) is 3.52. The molecular weight excluding hydrogens is 212 g/mol. The Morgan fingerprint density at radius 1 is 1.35 bits per heavy atom. The number of amides is 1.